The van der Waals surface area contributed by atoms with Gasteiger partial charge in [-0.05, 0) is 24.7 Å². The number of amides is 1. The molecule has 0 saturated heterocycles. The molecule has 0 fully saturated rings. The average Bonchev–Trinajstić information content (AvgIpc) is 2.33. The quantitative estimate of drug-likeness (QED) is 0.487. The highest BCUT2D eigenvalue weighted by Crippen LogP contribution is 2.32. The van der Waals surface area contributed by atoms with Crippen molar-refractivity contribution in [1.82, 2.24) is 10.7 Å². The minimum absolute atomic E-state index is 0.0556. The predicted octanol–water partition coefficient (Wildman–Crippen LogP) is -0.448. The van der Waals surface area contributed by atoms with Crippen LogP contribution in [0.15, 0.2) is 18.2 Å². The van der Waals surface area contributed by atoms with Crippen LogP contribution < -0.4 is 26.2 Å². The van der Waals surface area contributed by atoms with Crippen LogP contribution in [0.25, 0.3) is 0 Å². The van der Waals surface area contributed by atoms with Crippen LogP contribution in [0.5, 0.6) is 5.75 Å². The van der Waals surface area contributed by atoms with E-state index < -0.39 is 0 Å². The highest BCUT2D eigenvalue weighted by Gasteiger charge is 2.24. The zero-order valence-corrected chi connectivity index (χ0v) is 9.69. The third-order valence-electron chi connectivity index (χ3n) is 2.60. The van der Waals surface area contributed by atoms with E-state index >= 15 is 0 Å². The second-order valence-corrected chi connectivity index (χ2v) is 3.81. The Morgan fingerprint density at radius 3 is 3.06 bits per heavy atom. The number of fused-ring (bicyclic) bond motifs is 1. The molecule has 1 aromatic carbocycles. The second-order valence-electron chi connectivity index (χ2n) is 3.81. The van der Waals surface area contributed by atoms with E-state index in [1.54, 1.807) is 4.90 Å². The number of nitrogens with one attached hydrogen (secondary N) is 2. The van der Waals surface area contributed by atoms with Crippen molar-refractivity contribution in [2.45, 2.75) is 6.54 Å². The summed E-state index contributed by atoms with van der Waals surface area (Å²) in [5.41, 5.74) is 4.34. The number of nitrogens with zero attached hydrogens (tertiary/aromatic N) is 1. The fourth-order valence-electron chi connectivity index (χ4n) is 1.83. The summed E-state index contributed by atoms with van der Waals surface area (Å²) >= 11 is 0. The number of nitrogens with two attached hydrogens (primary N) is 1. The zero-order valence-electron chi connectivity index (χ0n) is 9.69. The maximum Gasteiger partial charge on any atom is 0.266 e. The zero-order chi connectivity index (χ0) is 12.3. The minimum Gasteiger partial charge on any atom is -0.482 e. The SMILES string of the molecule is CNCc1ccc2c(c1)N(CNN)C(=O)CO2. The molecule has 1 amide bonds. The molecule has 0 bridgehead atoms. The Morgan fingerprint density at radius 1 is 1.53 bits per heavy atom. The second kappa shape index (κ2) is 5.13. The molecule has 1 aromatic rings. The number of hydrogen-bond donors (Lipinski definition) is 3. The van der Waals surface area contributed by atoms with Crippen molar-refractivity contribution in [2.24, 2.45) is 5.84 Å². The lowest BCUT2D eigenvalue weighted by Crippen LogP contribution is -2.46. The molecule has 0 saturated carbocycles. The van der Waals surface area contributed by atoms with Crippen molar-refractivity contribution in [2.75, 3.05) is 25.2 Å². The molecule has 0 aromatic heterocycles. The molecule has 1 heterocycles. The van der Waals surface area contributed by atoms with Crippen LogP contribution in [-0.2, 0) is 11.3 Å². The Balaban J connectivity index is 2.34. The standard InChI is InChI=1S/C11H16N4O2/c1-13-5-8-2-3-10-9(4-8)15(7-14-12)11(16)6-17-10/h2-4,13-14H,5-7,12H2,1H3. The molecule has 1 aliphatic rings. The highest BCUT2D eigenvalue weighted by molar-refractivity contribution is 5.97. The van der Waals surface area contributed by atoms with E-state index in [0.717, 1.165) is 17.8 Å². The third kappa shape index (κ3) is 2.38. The summed E-state index contributed by atoms with van der Waals surface area (Å²) in [5.74, 6) is 5.89. The van der Waals surface area contributed by atoms with Gasteiger partial charge in [0.05, 0.1) is 12.4 Å². The Hall–Kier alpha value is -1.63. The Morgan fingerprint density at radius 2 is 2.35 bits per heavy atom. The molecule has 0 radical (unpaired) electrons. The summed E-state index contributed by atoms with van der Waals surface area (Å²) in [6.45, 7) is 1.07. The lowest BCUT2D eigenvalue weighted by atomic mass is 10.1. The lowest BCUT2D eigenvalue weighted by Gasteiger charge is -2.29. The molecule has 6 heteroatoms. The summed E-state index contributed by atoms with van der Waals surface area (Å²) in [7, 11) is 1.88. The summed E-state index contributed by atoms with van der Waals surface area (Å²) < 4.78 is 5.37. The van der Waals surface area contributed by atoms with Crippen LogP contribution in [0, 0.1) is 0 Å². The van der Waals surface area contributed by atoms with E-state index in [-0.39, 0.29) is 19.2 Å². The minimum atomic E-state index is -0.0999. The van der Waals surface area contributed by atoms with Gasteiger partial charge in [0.15, 0.2) is 6.61 Å². The first-order valence-corrected chi connectivity index (χ1v) is 5.40. The lowest BCUT2D eigenvalue weighted by molar-refractivity contribution is -0.121. The van der Waals surface area contributed by atoms with Crippen LogP contribution in [-0.4, -0.2) is 26.2 Å². The fraction of sp³-hybridized carbons (Fsp3) is 0.364. The molecular formula is C11H16N4O2. The van der Waals surface area contributed by atoms with Crippen molar-refractivity contribution in [1.29, 1.82) is 0 Å². The maximum atomic E-state index is 11.7. The first-order valence-electron chi connectivity index (χ1n) is 5.40. The first kappa shape index (κ1) is 11.8. The van der Waals surface area contributed by atoms with Gasteiger partial charge in [0.2, 0.25) is 0 Å². The topological polar surface area (TPSA) is 79.6 Å². The molecule has 6 nitrogen and oxygen atoms in total. The van der Waals surface area contributed by atoms with Crippen LogP contribution in [0.2, 0.25) is 0 Å². The van der Waals surface area contributed by atoms with Gasteiger partial charge in [-0.1, -0.05) is 6.07 Å². The van der Waals surface area contributed by atoms with Crippen molar-refractivity contribution >= 4 is 11.6 Å². The highest BCUT2D eigenvalue weighted by atomic mass is 16.5. The number of benzene rings is 1. The van der Waals surface area contributed by atoms with E-state index in [1.807, 2.05) is 25.2 Å². The van der Waals surface area contributed by atoms with Crippen molar-refractivity contribution < 1.29 is 9.53 Å². The van der Waals surface area contributed by atoms with E-state index in [9.17, 15) is 4.79 Å². The van der Waals surface area contributed by atoms with Crippen molar-refractivity contribution in [3.8, 4) is 5.75 Å². The van der Waals surface area contributed by atoms with Gasteiger partial charge in [-0.2, -0.15) is 0 Å². The maximum absolute atomic E-state index is 11.7. The molecule has 1 aliphatic heterocycles. The van der Waals surface area contributed by atoms with Gasteiger partial charge in [0.25, 0.3) is 5.91 Å². The third-order valence-corrected chi connectivity index (χ3v) is 2.60. The van der Waals surface area contributed by atoms with Crippen LogP contribution >= 0.6 is 0 Å². The van der Waals surface area contributed by atoms with E-state index in [2.05, 4.69) is 10.7 Å². The Bertz CT molecular complexity index is 422. The molecule has 92 valence electrons. The van der Waals surface area contributed by atoms with Crippen LogP contribution in [0.1, 0.15) is 5.56 Å². The monoisotopic (exact) mass is 236 g/mol. The smallest absolute Gasteiger partial charge is 0.266 e. The molecular weight excluding hydrogens is 220 g/mol. The van der Waals surface area contributed by atoms with E-state index in [0.29, 0.717) is 5.75 Å². The summed E-state index contributed by atoms with van der Waals surface area (Å²) in [5, 5.41) is 3.06. The van der Waals surface area contributed by atoms with Gasteiger partial charge in [0, 0.05) is 6.54 Å². The number of anilines is 1. The van der Waals surface area contributed by atoms with Gasteiger partial charge >= 0.3 is 0 Å². The predicted molar refractivity (Wildman–Crippen MR) is 64.4 cm³/mol. The number of carbonyl (C=O) groups is 1. The normalized spacial score (nSPS) is 14.5. The molecule has 4 N–H and O–H groups in total. The molecule has 0 unspecified atom stereocenters. The van der Waals surface area contributed by atoms with Crippen LogP contribution in [0.3, 0.4) is 0 Å². The van der Waals surface area contributed by atoms with E-state index in [4.69, 9.17) is 10.6 Å². The number of carbonyl (C=O) groups excluding carboxylic acids is 1. The Kier molecular flexibility index (Phi) is 3.58. The largest absolute Gasteiger partial charge is 0.482 e. The molecule has 17 heavy (non-hydrogen) atoms. The van der Waals surface area contributed by atoms with Gasteiger partial charge in [-0.25, -0.2) is 5.43 Å². The van der Waals surface area contributed by atoms with Crippen molar-refractivity contribution in [3.63, 3.8) is 0 Å². The number of ether oxygens (including phenoxy) is 1. The fourth-order valence-corrected chi connectivity index (χ4v) is 1.83. The van der Waals surface area contributed by atoms with Gasteiger partial charge < -0.3 is 10.1 Å². The summed E-state index contributed by atoms with van der Waals surface area (Å²) in [6.07, 6.45) is 0. The average molecular weight is 236 g/mol. The number of hydrazine groups is 1. The van der Waals surface area contributed by atoms with Gasteiger partial charge in [-0.3, -0.25) is 15.5 Å². The van der Waals surface area contributed by atoms with Gasteiger partial charge in [-0.15, -0.1) is 0 Å². The Labute approximate surface area is 99.7 Å². The molecule has 0 atom stereocenters. The number of hydrogen-bond acceptors (Lipinski definition) is 5. The molecule has 0 aliphatic carbocycles. The summed E-state index contributed by atoms with van der Waals surface area (Å²) in [6, 6.07) is 5.78. The van der Waals surface area contributed by atoms with Crippen molar-refractivity contribution in [3.05, 3.63) is 23.8 Å². The molecule has 0 spiro atoms. The number of rotatable bonds is 4. The van der Waals surface area contributed by atoms with Crippen LogP contribution in [0.4, 0.5) is 5.69 Å². The molecule has 2 rings (SSSR count). The van der Waals surface area contributed by atoms with E-state index in [1.165, 1.54) is 0 Å². The van der Waals surface area contributed by atoms with Gasteiger partial charge in [0.1, 0.15) is 5.75 Å². The first-order chi connectivity index (χ1) is 8.26. The summed E-state index contributed by atoms with van der Waals surface area (Å²) in [4.78, 5) is 13.3.